The lowest BCUT2D eigenvalue weighted by molar-refractivity contribution is -0.250. The molecule has 0 bridgehead atoms. The molecule has 0 aromatic heterocycles. The average Bonchev–Trinajstić information content (AvgIpc) is 3.11. The van der Waals surface area contributed by atoms with Crippen LogP contribution in [-0.4, -0.2) is 19.0 Å². The highest BCUT2D eigenvalue weighted by Gasteiger charge is 2.62. The van der Waals surface area contributed by atoms with Gasteiger partial charge in [-0.3, -0.25) is 0 Å². The van der Waals surface area contributed by atoms with Crippen LogP contribution in [-0.2, 0) is 9.47 Å². The van der Waals surface area contributed by atoms with Gasteiger partial charge < -0.3 is 9.47 Å². The number of rotatable bonds is 3. The maximum Gasteiger partial charge on any atom is 0.172 e. The molecule has 1 aliphatic heterocycles. The van der Waals surface area contributed by atoms with Crippen LogP contribution in [0.3, 0.4) is 0 Å². The van der Waals surface area contributed by atoms with Crippen molar-refractivity contribution in [3.8, 4) is 0 Å². The van der Waals surface area contributed by atoms with E-state index in [1.165, 1.54) is 5.56 Å². The Morgan fingerprint density at radius 2 is 1.84 bits per heavy atom. The number of benzene rings is 1. The summed E-state index contributed by atoms with van der Waals surface area (Å²) in [6.07, 6.45) is 3.01. The summed E-state index contributed by atoms with van der Waals surface area (Å²) in [5.41, 5.74) is 1.44. The molecule has 1 heterocycles. The van der Waals surface area contributed by atoms with Crippen LogP contribution >= 0.6 is 0 Å². The van der Waals surface area contributed by atoms with Crippen molar-refractivity contribution in [3.05, 3.63) is 48.6 Å². The Morgan fingerprint density at radius 1 is 1.21 bits per heavy atom. The molecule has 1 saturated carbocycles. The number of ether oxygens (including phenoxy) is 2. The third kappa shape index (κ3) is 2.35. The predicted octanol–water partition coefficient (Wildman–Crippen LogP) is 3.75. The number of hydrogen-bond donors (Lipinski definition) is 0. The van der Waals surface area contributed by atoms with Crippen molar-refractivity contribution in [2.45, 2.75) is 32.0 Å². The van der Waals surface area contributed by atoms with Crippen molar-refractivity contribution < 1.29 is 9.47 Å². The Kier molecular flexibility index (Phi) is 3.03. The monoisotopic (exact) mass is 258 g/mol. The molecule has 0 unspecified atom stereocenters. The van der Waals surface area contributed by atoms with Crippen molar-refractivity contribution in [2.24, 2.45) is 11.3 Å². The van der Waals surface area contributed by atoms with Crippen molar-refractivity contribution >= 4 is 0 Å². The smallest absolute Gasteiger partial charge is 0.172 e. The molecular weight excluding hydrogens is 236 g/mol. The first-order valence-corrected chi connectivity index (χ1v) is 7.02. The summed E-state index contributed by atoms with van der Waals surface area (Å²) in [4.78, 5) is 0. The third-order valence-electron chi connectivity index (χ3n) is 4.20. The average molecular weight is 258 g/mol. The van der Waals surface area contributed by atoms with Crippen molar-refractivity contribution in [2.75, 3.05) is 13.2 Å². The maximum atomic E-state index is 6.04. The van der Waals surface area contributed by atoms with Gasteiger partial charge in [-0.05, 0) is 5.56 Å². The molecule has 19 heavy (non-hydrogen) atoms. The maximum absolute atomic E-state index is 6.04. The Morgan fingerprint density at radius 3 is 2.42 bits per heavy atom. The van der Waals surface area contributed by atoms with E-state index >= 15 is 0 Å². The lowest BCUT2D eigenvalue weighted by atomic mass is 9.92. The number of hydrogen-bond acceptors (Lipinski definition) is 2. The van der Waals surface area contributed by atoms with E-state index < -0.39 is 0 Å². The molecule has 2 atom stereocenters. The molecular formula is C17H22O2. The van der Waals surface area contributed by atoms with Gasteiger partial charge in [0.05, 0.1) is 13.2 Å². The molecule has 1 aliphatic carbocycles. The van der Waals surface area contributed by atoms with Crippen LogP contribution in [0.5, 0.6) is 0 Å². The van der Waals surface area contributed by atoms with Crippen LogP contribution in [0, 0.1) is 11.3 Å². The lowest BCUT2D eigenvalue weighted by Gasteiger charge is -2.36. The van der Waals surface area contributed by atoms with Gasteiger partial charge in [-0.15, -0.1) is 6.58 Å². The van der Waals surface area contributed by atoms with E-state index in [2.05, 4.69) is 44.7 Å². The molecule has 2 fully saturated rings. The van der Waals surface area contributed by atoms with Crippen molar-refractivity contribution in [1.82, 2.24) is 0 Å². The predicted molar refractivity (Wildman–Crippen MR) is 75.9 cm³/mol. The van der Waals surface area contributed by atoms with Gasteiger partial charge in [0, 0.05) is 23.7 Å². The summed E-state index contributed by atoms with van der Waals surface area (Å²) < 4.78 is 12.1. The van der Waals surface area contributed by atoms with E-state index in [1.54, 1.807) is 0 Å². The quantitative estimate of drug-likeness (QED) is 0.769. The van der Waals surface area contributed by atoms with E-state index in [-0.39, 0.29) is 11.2 Å². The summed E-state index contributed by atoms with van der Waals surface area (Å²) in [5.74, 6) is 0.385. The summed E-state index contributed by atoms with van der Waals surface area (Å²) in [7, 11) is 0. The highest BCUT2D eigenvalue weighted by Crippen LogP contribution is 2.58. The first-order chi connectivity index (χ1) is 9.06. The van der Waals surface area contributed by atoms with Crippen LogP contribution < -0.4 is 0 Å². The minimum atomic E-state index is -0.343. The third-order valence-corrected chi connectivity index (χ3v) is 4.20. The Labute approximate surface area is 115 Å². The summed E-state index contributed by atoms with van der Waals surface area (Å²) >= 11 is 0. The molecule has 0 N–H and O–H groups in total. The van der Waals surface area contributed by atoms with Gasteiger partial charge in [-0.25, -0.2) is 0 Å². The fourth-order valence-corrected chi connectivity index (χ4v) is 2.91. The molecule has 3 rings (SSSR count). The van der Waals surface area contributed by atoms with Gasteiger partial charge in [0.2, 0.25) is 0 Å². The van der Waals surface area contributed by atoms with E-state index in [9.17, 15) is 0 Å². The highest BCUT2D eigenvalue weighted by atomic mass is 16.7. The zero-order valence-corrected chi connectivity index (χ0v) is 11.8. The van der Waals surface area contributed by atoms with Crippen LogP contribution in [0.25, 0.3) is 0 Å². The normalized spacial score (nSPS) is 28.8. The van der Waals surface area contributed by atoms with Crippen LogP contribution in [0.2, 0.25) is 0 Å². The second kappa shape index (κ2) is 4.46. The zero-order valence-electron chi connectivity index (χ0n) is 11.8. The second-order valence-corrected chi connectivity index (χ2v) is 6.54. The Balaban J connectivity index is 1.73. The summed E-state index contributed by atoms with van der Waals surface area (Å²) in [6.45, 7) is 9.91. The van der Waals surface area contributed by atoms with E-state index in [4.69, 9.17) is 9.47 Å². The fraction of sp³-hybridized carbons (Fsp3) is 0.529. The zero-order chi connectivity index (χ0) is 13.5. The fourth-order valence-electron chi connectivity index (χ4n) is 2.91. The van der Waals surface area contributed by atoms with Crippen LogP contribution in [0.4, 0.5) is 0 Å². The van der Waals surface area contributed by atoms with Crippen LogP contribution in [0.15, 0.2) is 43.0 Å². The van der Waals surface area contributed by atoms with E-state index in [1.807, 2.05) is 12.1 Å². The molecule has 0 radical (unpaired) electrons. The van der Waals surface area contributed by atoms with Crippen LogP contribution in [0.1, 0.15) is 31.7 Å². The summed E-state index contributed by atoms with van der Waals surface area (Å²) in [6, 6.07) is 10.5. The van der Waals surface area contributed by atoms with Gasteiger partial charge in [0.25, 0.3) is 0 Å². The molecule has 0 amide bonds. The first-order valence-electron chi connectivity index (χ1n) is 7.02. The van der Waals surface area contributed by atoms with Gasteiger partial charge in [-0.1, -0.05) is 50.3 Å². The van der Waals surface area contributed by atoms with Gasteiger partial charge >= 0.3 is 0 Å². The first kappa shape index (κ1) is 12.9. The molecule has 2 aliphatic rings. The molecule has 1 saturated heterocycles. The minimum Gasteiger partial charge on any atom is -0.349 e. The molecule has 1 aromatic carbocycles. The lowest BCUT2D eigenvalue weighted by Crippen LogP contribution is -2.40. The standard InChI is InChI=1S/C17H22O2/c1-4-14(13-8-6-5-7-9-13)15-10-17(15)18-11-16(2,3)12-19-17/h4-9,14-15H,1,10-12H2,2-3H3/t14-,15+/m1/s1. The van der Waals surface area contributed by atoms with Gasteiger partial charge in [0.1, 0.15) is 0 Å². The van der Waals surface area contributed by atoms with Crippen molar-refractivity contribution in [1.29, 1.82) is 0 Å². The SMILES string of the molecule is C=C[C@H](c1ccccc1)[C@@H]1CC12OCC(C)(C)CO2. The van der Waals surface area contributed by atoms with E-state index in [0.717, 1.165) is 19.6 Å². The Hall–Kier alpha value is -1.12. The topological polar surface area (TPSA) is 18.5 Å². The highest BCUT2D eigenvalue weighted by molar-refractivity contribution is 5.28. The molecule has 2 nitrogen and oxygen atoms in total. The molecule has 2 heteroatoms. The number of allylic oxidation sites excluding steroid dienone is 1. The largest absolute Gasteiger partial charge is 0.349 e. The van der Waals surface area contributed by atoms with Crippen molar-refractivity contribution in [3.63, 3.8) is 0 Å². The van der Waals surface area contributed by atoms with Gasteiger partial charge in [-0.2, -0.15) is 0 Å². The minimum absolute atomic E-state index is 0.134. The molecule has 102 valence electrons. The Bertz CT molecular complexity index is 453. The molecule has 1 aromatic rings. The second-order valence-electron chi connectivity index (χ2n) is 6.54. The van der Waals surface area contributed by atoms with E-state index in [0.29, 0.717) is 11.8 Å². The summed E-state index contributed by atoms with van der Waals surface area (Å²) in [5, 5.41) is 0. The van der Waals surface area contributed by atoms with Gasteiger partial charge in [0.15, 0.2) is 5.79 Å². The molecule has 1 spiro atoms.